The number of halogens is 11. The molecule has 1 N–H and O–H groups in total. The minimum Gasteiger partial charge on any atom is -0.443 e. The first-order chi connectivity index (χ1) is 19.6. The largest absolute Gasteiger partial charge is 0.451 e. The smallest absolute Gasteiger partial charge is 0.443 e. The monoisotopic (exact) mass is 685 g/mol. The average molecular weight is 686 g/mol. The summed E-state index contributed by atoms with van der Waals surface area (Å²) in [5.74, 6) is -3.51. The minimum atomic E-state index is -5.68. The predicted octanol–water partition coefficient (Wildman–Crippen LogP) is 8.02. The van der Waals surface area contributed by atoms with E-state index < -0.39 is 92.3 Å². The zero-order chi connectivity index (χ0) is 34.0. The summed E-state index contributed by atoms with van der Waals surface area (Å²) in [5, 5.41) is -1.51. The van der Waals surface area contributed by atoms with Crippen molar-refractivity contribution in [3.05, 3.63) is 39.1 Å². The molecule has 2 aliphatic heterocycles. The summed E-state index contributed by atoms with van der Waals surface area (Å²) in [5.41, 5.74) is -6.55. The van der Waals surface area contributed by atoms with Crippen molar-refractivity contribution >= 4 is 52.6 Å². The van der Waals surface area contributed by atoms with E-state index in [0.29, 0.717) is 17.1 Å². The van der Waals surface area contributed by atoms with Gasteiger partial charge in [-0.05, 0) is 53.7 Å². The number of imide groups is 1. The van der Waals surface area contributed by atoms with Crippen LogP contribution >= 0.6 is 23.2 Å². The number of ether oxygens (including phenoxy) is 2. The van der Waals surface area contributed by atoms with Crippen molar-refractivity contribution in [2.75, 3.05) is 5.01 Å². The van der Waals surface area contributed by atoms with Crippen LogP contribution < -0.4 is 10.4 Å². The fourth-order valence-electron chi connectivity index (χ4n) is 3.69. The summed E-state index contributed by atoms with van der Waals surface area (Å²) < 4.78 is 134. The molecule has 0 saturated heterocycles. The summed E-state index contributed by atoms with van der Waals surface area (Å²) in [6.07, 6.45) is -22.0. The second-order valence-electron chi connectivity index (χ2n) is 11.1. The van der Waals surface area contributed by atoms with Gasteiger partial charge < -0.3 is 9.47 Å². The van der Waals surface area contributed by atoms with E-state index in [1.54, 1.807) is 0 Å². The molecule has 44 heavy (non-hydrogen) atoms. The Labute approximate surface area is 253 Å². The molecule has 0 bridgehead atoms. The summed E-state index contributed by atoms with van der Waals surface area (Å²) in [7, 11) is 0. The maximum Gasteiger partial charge on any atom is 0.451 e. The maximum absolute atomic E-state index is 14.3. The first-order valence-electron chi connectivity index (χ1n) is 12.1. The number of hydrogen-bond acceptors (Lipinski definition) is 8. The van der Waals surface area contributed by atoms with E-state index in [-0.39, 0.29) is 4.90 Å². The molecule has 0 saturated carbocycles. The zero-order valence-electron chi connectivity index (χ0n) is 23.3. The molecule has 0 radical (unpaired) electrons. The molecule has 9 nitrogen and oxygen atoms in total. The Bertz CT molecular complexity index is 1400. The van der Waals surface area contributed by atoms with E-state index in [9.17, 15) is 49.1 Å². The third-order valence-electron chi connectivity index (χ3n) is 5.16. The van der Waals surface area contributed by atoms with Gasteiger partial charge in [0.25, 0.3) is 0 Å². The quantitative estimate of drug-likeness (QED) is 0.317. The van der Waals surface area contributed by atoms with Gasteiger partial charge in [-0.3, -0.25) is 5.01 Å². The molecule has 2 heterocycles. The van der Waals surface area contributed by atoms with Crippen LogP contribution in [0.15, 0.2) is 33.5 Å². The lowest BCUT2D eigenvalue weighted by molar-refractivity contribution is -0.137. The molecule has 1 aromatic carbocycles. The van der Waals surface area contributed by atoms with E-state index in [1.165, 1.54) is 41.5 Å². The third kappa shape index (κ3) is 7.69. The van der Waals surface area contributed by atoms with Crippen LogP contribution in [0.2, 0.25) is 10.0 Å². The van der Waals surface area contributed by atoms with Gasteiger partial charge in [0.1, 0.15) is 11.2 Å². The predicted molar refractivity (Wildman–Crippen MR) is 139 cm³/mol. The van der Waals surface area contributed by atoms with Crippen molar-refractivity contribution in [1.29, 1.82) is 0 Å². The van der Waals surface area contributed by atoms with Crippen molar-refractivity contribution in [3.63, 3.8) is 0 Å². The summed E-state index contributed by atoms with van der Waals surface area (Å²) >= 11 is 12.2. The Morgan fingerprint density at radius 2 is 1.27 bits per heavy atom. The van der Waals surface area contributed by atoms with Crippen LogP contribution in [-0.2, 0) is 15.7 Å². The van der Waals surface area contributed by atoms with E-state index in [0.717, 1.165) is 0 Å². The first-order valence-corrected chi connectivity index (χ1v) is 12.8. The van der Waals surface area contributed by atoms with Crippen LogP contribution in [0.4, 0.5) is 54.8 Å². The molecule has 3 rings (SSSR count). The second-order valence-corrected chi connectivity index (χ2v) is 11.9. The third-order valence-corrected chi connectivity index (χ3v) is 5.73. The number of nitrogens with zero attached hydrogens (tertiary/aromatic N) is 4. The normalized spacial score (nSPS) is 18.1. The molecule has 0 spiro atoms. The second kappa shape index (κ2) is 11.3. The van der Waals surface area contributed by atoms with Gasteiger partial charge in [-0.15, -0.1) is 0 Å². The van der Waals surface area contributed by atoms with Crippen LogP contribution in [0.3, 0.4) is 0 Å². The fourth-order valence-corrected chi connectivity index (χ4v) is 4.34. The van der Waals surface area contributed by atoms with Gasteiger partial charge in [-0.25, -0.2) is 19.6 Å². The van der Waals surface area contributed by atoms with Crippen molar-refractivity contribution in [1.82, 2.24) is 10.3 Å². The van der Waals surface area contributed by atoms with Crippen LogP contribution in [0.5, 0.6) is 0 Å². The molecule has 2 amide bonds. The Kier molecular flexibility index (Phi) is 9.03. The number of rotatable bonds is 2. The zero-order valence-corrected chi connectivity index (χ0v) is 24.8. The molecule has 0 fully saturated rings. The van der Waals surface area contributed by atoms with Gasteiger partial charge in [0.05, 0.1) is 26.9 Å². The highest BCUT2D eigenvalue weighted by Crippen LogP contribution is 2.45. The number of carbonyl (C=O) groups excluding carboxylic acids is 2. The first kappa shape index (κ1) is 35.2. The molecular weight excluding hydrogens is 664 g/mol. The standard InChI is InChI=1S/C24H22Cl2F9N5O4/c1-20(2,3)43-18(41)39(19(42)44-21(4,5)6)16-12-14(23(30,31)32)36-17(24(33,34)35)37-15(12)38-40(16)13-10(25)7-9(8-11(13)26)22(27,28)29/h7-8,15,38H,1-6H3. The molecule has 1 aromatic rings. The molecule has 0 aliphatic carbocycles. The fraction of sp³-hybridized carbons (Fsp3) is 0.500. The number of anilines is 1. The lowest BCUT2D eigenvalue weighted by Gasteiger charge is -2.33. The summed E-state index contributed by atoms with van der Waals surface area (Å²) in [6, 6.07) is 0.617. The Hall–Kier alpha value is -3.25. The highest BCUT2D eigenvalue weighted by atomic mass is 35.5. The van der Waals surface area contributed by atoms with Gasteiger partial charge in [-0.2, -0.15) is 49.8 Å². The van der Waals surface area contributed by atoms with Crippen molar-refractivity contribution in [2.24, 2.45) is 9.98 Å². The number of carbonyl (C=O) groups is 2. The maximum atomic E-state index is 14.3. The summed E-state index contributed by atoms with van der Waals surface area (Å²) in [6.45, 7) is 7.89. The van der Waals surface area contributed by atoms with Gasteiger partial charge in [0.15, 0.2) is 17.7 Å². The number of amides is 2. The van der Waals surface area contributed by atoms with Gasteiger partial charge in [0, 0.05) is 0 Å². The van der Waals surface area contributed by atoms with Crippen molar-refractivity contribution in [3.8, 4) is 0 Å². The van der Waals surface area contributed by atoms with Crippen LogP contribution in [0.25, 0.3) is 0 Å². The number of alkyl halides is 9. The molecule has 1 atom stereocenters. The topological polar surface area (TPSA) is 95.8 Å². The lowest BCUT2D eigenvalue weighted by Crippen LogP contribution is -2.49. The van der Waals surface area contributed by atoms with Gasteiger partial charge >= 0.3 is 30.7 Å². The SMILES string of the molecule is CC(C)(C)OC(=O)N(C(=O)OC(C)(C)C)C1=C2C(C(F)(F)F)=NC(C(F)(F)F)=NC2NN1c1c(Cl)cc(C(F)(F)F)cc1Cl. The average Bonchev–Trinajstić information content (AvgIpc) is 3.12. The highest BCUT2D eigenvalue weighted by molar-refractivity contribution is 6.39. The Balaban J connectivity index is 2.47. The molecule has 2 aliphatic rings. The number of hydrogen-bond donors (Lipinski definition) is 1. The lowest BCUT2D eigenvalue weighted by atomic mass is 10.1. The molecule has 0 aromatic heterocycles. The van der Waals surface area contributed by atoms with Gasteiger partial charge in [0.2, 0.25) is 5.84 Å². The number of hydrazine groups is 1. The van der Waals surface area contributed by atoms with Crippen molar-refractivity contribution < 1.29 is 58.6 Å². The molecule has 1 unspecified atom stereocenters. The van der Waals surface area contributed by atoms with E-state index in [4.69, 9.17) is 32.7 Å². The van der Waals surface area contributed by atoms with Crippen LogP contribution in [0.1, 0.15) is 47.1 Å². The molecule has 20 heteroatoms. The number of nitrogens with one attached hydrogen (secondary N) is 1. The number of benzene rings is 1. The Morgan fingerprint density at radius 1 is 0.818 bits per heavy atom. The molecule has 244 valence electrons. The minimum absolute atomic E-state index is 0.113. The van der Waals surface area contributed by atoms with E-state index in [2.05, 4.69) is 15.4 Å². The van der Waals surface area contributed by atoms with Crippen LogP contribution in [0, 0.1) is 0 Å². The van der Waals surface area contributed by atoms with Crippen molar-refractivity contribution in [2.45, 2.75) is 77.4 Å². The number of amidine groups is 1. The van der Waals surface area contributed by atoms with Crippen LogP contribution in [-0.4, -0.2) is 58.4 Å². The molecular formula is C24H22Cl2F9N5O4. The number of aliphatic imine (C=N–C) groups is 2. The Morgan fingerprint density at radius 3 is 1.64 bits per heavy atom. The number of fused-ring (bicyclic) bond motifs is 1. The van der Waals surface area contributed by atoms with E-state index in [1.807, 2.05) is 0 Å². The highest BCUT2D eigenvalue weighted by Gasteiger charge is 2.55. The van der Waals surface area contributed by atoms with Gasteiger partial charge in [-0.1, -0.05) is 23.2 Å². The van der Waals surface area contributed by atoms with E-state index >= 15 is 0 Å². The summed E-state index contributed by atoms with van der Waals surface area (Å²) in [4.78, 5) is 32.5.